The molecular formula is C7H13NO2. The Morgan fingerprint density at radius 3 is 2.70 bits per heavy atom. The van der Waals surface area contributed by atoms with Gasteiger partial charge in [0.05, 0.1) is 6.54 Å². The molecule has 0 aromatic heterocycles. The van der Waals surface area contributed by atoms with Gasteiger partial charge < -0.3 is 10.4 Å². The molecule has 1 aliphatic rings. The van der Waals surface area contributed by atoms with Crippen molar-refractivity contribution in [3.8, 4) is 0 Å². The fourth-order valence-electron chi connectivity index (χ4n) is 1.30. The van der Waals surface area contributed by atoms with Crippen molar-refractivity contribution < 1.29 is 9.90 Å². The second-order valence-electron chi connectivity index (χ2n) is 3.05. The van der Waals surface area contributed by atoms with Crippen molar-refractivity contribution in [3.05, 3.63) is 0 Å². The Morgan fingerprint density at radius 2 is 2.30 bits per heavy atom. The van der Waals surface area contributed by atoms with E-state index in [1.165, 1.54) is 0 Å². The van der Waals surface area contributed by atoms with E-state index in [1.54, 1.807) is 0 Å². The molecule has 0 aromatic carbocycles. The molecule has 1 rings (SSSR count). The summed E-state index contributed by atoms with van der Waals surface area (Å²) < 4.78 is 0. The lowest BCUT2D eigenvalue weighted by atomic mass is 9.82. The second-order valence-corrected chi connectivity index (χ2v) is 3.05. The van der Waals surface area contributed by atoms with Crippen LogP contribution in [0, 0.1) is 5.92 Å². The van der Waals surface area contributed by atoms with Crippen molar-refractivity contribution in [1.29, 1.82) is 0 Å². The monoisotopic (exact) mass is 143 g/mol. The normalized spacial score (nSPS) is 31.3. The lowest BCUT2D eigenvalue weighted by molar-refractivity contribution is -0.136. The lowest BCUT2D eigenvalue weighted by Crippen LogP contribution is -2.42. The number of carbonyl (C=O) groups is 1. The smallest absolute Gasteiger partial charge is 0.317 e. The number of aliphatic carboxylic acids is 1. The molecule has 58 valence electrons. The van der Waals surface area contributed by atoms with Crippen molar-refractivity contribution in [1.82, 2.24) is 5.32 Å². The molecule has 0 bridgehead atoms. The summed E-state index contributed by atoms with van der Waals surface area (Å²) in [6.07, 6.45) is 2.26. The lowest BCUT2D eigenvalue weighted by Gasteiger charge is -2.32. The van der Waals surface area contributed by atoms with Crippen LogP contribution in [0.3, 0.4) is 0 Å². The predicted molar refractivity (Wildman–Crippen MR) is 37.8 cm³/mol. The molecule has 0 aromatic rings. The molecule has 3 nitrogen and oxygen atoms in total. The summed E-state index contributed by atoms with van der Waals surface area (Å²) in [5, 5.41) is 11.2. The maximum absolute atomic E-state index is 10.1. The fraction of sp³-hybridized carbons (Fsp3) is 0.857. The SMILES string of the molecule is CC1CC(NCC(=O)O)C1. The van der Waals surface area contributed by atoms with E-state index in [-0.39, 0.29) is 6.54 Å². The third-order valence-corrected chi connectivity index (χ3v) is 1.92. The van der Waals surface area contributed by atoms with E-state index in [1.807, 2.05) is 0 Å². The van der Waals surface area contributed by atoms with Gasteiger partial charge >= 0.3 is 5.97 Å². The minimum Gasteiger partial charge on any atom is -0.480 e. The van der Waals surface area contributed by atoms with Crippen LogP contribution in [0.25, 0.3) is 0 Å². The van der Waals surface area contributed by atoms with Crippen LogP contribution in [-0.4, -0.2) is 23.7 Å². The van der Waals surface area contributed by atoms with E-state index >= 15 is 0 Å². The topological polar surface area (TPSA) is 49.3 Å². The number of carboxylic acids is 1. The summed E-state index contributed by atoms with van der Waals surface area (Å²) in [5.41, 5.74) is 0. The minimum absolute atomic E-state index is 0.109. The largest absolute Gasteiger partial charge is 0.480 e. The van der Waals surface area contributed by atoms with Crippen LogP contribution in [-0.2, 0) is 4.79 Å². The molecule has 0 heterocycles. The van der Waals surface area contributed by atoms with Gasteiger partial charge in [0, 0.05) is 6.04 Å². The molecule has 0 atom stereocenters. The Balaban J connectivity index is 2.00. The van der Waals surface area contributed by atoms with Gasteiger partial charge in [-0.3, -0.25) is 4.79 Å². The molecule has 1 saturated carbocycles. The summed E-state index contributed by atoms with van der Waals surface area (Å²) in [6.45, 7) is 2.29. The number of carboxylic acid groups (broad SMARTS) is 1. The maximum atomic E-state index is 10.1. The zero-order chi connectivity index (χ0) is 7.56. The van der Waals surface area contributed by atoms with Crippen molar-refractivity contribution in [2.45, 2.75) is 25.8 Å². The van der Waals surface area contributed by atoms with Gasteiger partial charge in [0.2, 0.25) is 0 Å². The van der Waals surface area contributed by atoms with Crippen molar-refractivity contribution in [3.63, 3.8) is 0 Å². The first-order valence-electron chi connectivity index (χ1n) is 3.63. The Morgan fingerprint density at radius 1 is 1.70 bits per heavy atom. The highest BCUT2D eigenvalue weighted by atomic mass is 16.4. The molecule has 0 saturated heterocycles. The van der Waals surface area contributed by atoms with Crippen LogP contribution >= 0.6 is 0 Å². The summed E-state index contributed by atoms with van der Waals surface area (Å²) in [7, 11) is 0. The number of nitrogens with one attached hydrogen (secondary N) is 1. The van der Waals surface area contributed by atoms with E-state index in [0.717, 1.165) is 18.8 Å². The van der Waals surface area contributed by atoms with Gasteiger partial charge in [0.15, 0.2) is 0 Å². The van der Waals surface area contributed by atoms with Gasteiger partial charge in [-0.05, 0) is 18.8 Å². The van der Waals surface area contributed by atoms with Gasteiger partial charge in [0.25, 0.3) is 0 Å². The molecule has 1 aliphatic carbocycles. The van der Waals surface area contributed by atoms with Gasteiger partial charge in [0.1, 0.15) is 0 Å². The van der Waals surface area contributed by atoms with Crippen molar-refractivity contribution in [2.75, 3.05) is 6.54 Å². The number of rotatable bonds is 3. The zero-order valence-corrected chi connectivity index (χ0v) is 6.13. The molecule has 0 spiro atoms. The molecule has 2 N–H and O–H groups in total. The molecule has 0 amide bonds. The molecule has 10 heavy (non-hydrogen) atoms. The summed E-state index contributed by atoms with van der Waals surface area (Å²) in [4.78, 5) is 10.1. The first-order chi connectivity index (χ1) is 4.68. The third kappa shape index (κ3) is 1.99. The van der Waals surface area contributed by atoms with Crippen LogP contribution in [0.2, 0.25) is 0 Å². The Hall–Kier alpha value is -0.570. The molecule has 0 aliphatic heterocycles. The van der Waals surface area contributed by atoms with E-state index in [2.05, 4.69) is 12.2 Å². The highest BCUT2D eigenvalue weighted by Gasteiger charge is 2.24. The Kier molecular flexibility index (Phi) is 2.27. The van der Waals surface area contributed by atoms with Crippen molar-refractivity contribution >= 4 is 5.97 Å². The average Bonchev–Trinajstić information content (AvgIpc) is 1.77. The predicted octanol–water partition coefficient (Wildman–Crippen LogP) is 0.459. The van der Waals surface area contributed by atoms with Crippen molar-refractivity contribution in [2.24, 2.45) is 5.92 Å². The highest BCUT2D eigenvalue weighted by molar-refractivity contribution is 5.69. The maximum Gasteiger partial charge on any atom is 0.317 e. The Bertz CT molecular complexity index is 130. The first kappa shape index (κ1) is 7.54. The van der Waals surface area contributed by atoms with Crippen LogP contribution in [0.4, 0.5) is 0 Å². The van der Waals surface area contributed by atoms with Gasteiger partial charge in [-0.2, -0.15) is 0 Å². The third-order valence-electron chi connectivity index (χ3n) is 1.92. The van der Waals surface area contributed by atoms with E-state index < -0.39 is 5.97 Å². The number of hydrogen-bond donors (Lipinski definition) is 2. The van der Waals surface area contributed by atoms with E-state index in [4.69, 9.17) is 5.11 Å². The Labute approximate surface area is 60.4 Å². The molecule has 0 radical (unpaired) electrons. The average molecular weight is 143 g/mol. The molecule has 1 fully saturated rings. The zero-order valence-electron chi connectivity index (χ0n) is 6.13. The molecule has 3 heteroatoms. The van der Waals surface area contributed by atoms with Crippen LogP contribution < -0.4 is 5.32 Å². The minimum atomic E-state index is -0.764. The molecule has 0 unspecified atom stereocenters. The summed E-state index contributed by atoms with van der Waals surface area (Å²) in [5.74, 6) is 0.0193. The van der Waals surface area contributed by atoms with Crippen LogP contribution in [0.15, 0.2) is 0 Å². The summed E-state index contributed by atoms with van der Waals surface area (Å²) >= 11 is 0. The van der Waals surface area contributed by atoms with Gasteiger partial charge in [-0.25, -0.2) is 0 Å². The molecular weight excluding hydrogens is 130 g/mol. The quantitative estimate of drug-likeness (QED) is 0.603. The first-order valence-corrected chi connectivity index (χ1v) is 3.63. The fourth-order valence-corrected chi connectivity index (χ4v) is 1.30. The van der Waals surface area contributed by atoms with Gasteiger partial charge in [-0.1, -0.05) is 6.92 Å². The highest BCUT2D eigenvalue weighted by Crippen LogP contribution is 2.25. The van der Waals surface area contributed by atoms with Crippen LogP contribution in [0.1, 0.15) is 19.8 Å². The summed E-state index contributed by atoms with van der Waals surface area (Å²) in [6, 6.07) is 0.464. The number of hydrogen-bond acceptors (Lipinski definition) is 2. The van der Waals surface area contributed by atoms with E-state index in [9.17, 15) is 4.79 Å². The van der Waals surface area contributed by atoms with E-state index in [0.29, 0.717) is 6.04 Å². The van der Waals surface area contributed by atoms with Crippen LogP contribution in [0.5, 0.6) is 0 Å². The van der Waals surface area contributed by atoms with Gasteiger partial charge in [-0.15, -0.1) is 0 Å². The second kappa shape index (κ2) is 3.01. The standard InChI is InChI=1S/C7H13NO2/c1-5-2-6(3-5)8-4-7(9)10/h5-6,8H,2-4H2,1H3,(H,9,10).